The predicted octanol–water partition coefficient (Wildman–Crippen LogP) is 0.114. The van der Waals surface area contributed by atoms with Crippen LogP contribution in [0.25, 0.3) is 0 Å². The second kappa shape index (κ2) is 6.52. The quantitative estimate of drug-likeness (QED) is 0.779. The van der Waals surface area contributed by atoms with Crippen molar-refractivity contribution in [2.75, 3.05) is 39.9 Å². The maximum atomic E-state index is 12.4. The number of ketones is 1. The molecule has 2 rings (SSSR count). The third-order valence-electron chi connectivity index (χ3n) is 3.99. The largest absolute Gasteiger partial charge is 0.444 e. The number of likely N-dealkylation sites (N-methyl/N-ethyl adjacent to an activating group) is 1. The topological polar surface area (TPSA) is 79.3 Å². The Hall–Kier alpha value is -1.18. The fourth-order valence-electron chi connectivity index (χ4n) is 3.09. The Morgan fingerprint density at radius 3 is 2.59 bits per heavy atom. The summed E-state index contributed by atoms with van der Waals surface area (Å²) in [4.78, 5) is 28.1. The zero-order valence-corrected chi connectivity index (χ0v) is 13.7. The molecular weight excluding hydrogens is 288 g/mol. The summed E-state index contributed by atoms with van der Waals surface area (Å²) in [5.74, 6) is -0.358. The highest BCUT2D eigenvalue weighted by molar-refractivity contribution is 5.89. The molecular formula is C15H26N2O5. The van der Waals surface area contributed by atoms with Gasteiger partial charge in [0.1, 0.15) is 18.2 Å². The second-order valence-corrected chi connectivity index (χ2v) is 7.06. The summed E-state index contributed by atoms with van der Waals surface area (Å²) in [5, 5.41) is 9.25. The number of hydrogen-bond donors (Lipinski definition) is 1. The van der Waals surface area contributed by atoms with Crippen LogP contribution in [-0.4, -0.2) is 84.4 Å². The molecule has 0 spiro atoms. The fourth-order valence-corrected chi connectivity index (χ4v) is 3.09. The SMILES string of the molecule is CN1CCO[C@@H]2[C@@H](C1)CN(C(=O)OC(C)(C)C)[C@@H]2C(=O)CO. The van der Waals surface area contributed by atoms with E-state index in [1.807, 2.05) is 7.05 Å². The molecule has 0 radical (unpaired) electrons. The van der Waals surface area contributed by atoms with Crippen LogP contribution in [-0.2, 0) is 14.3 Å². The van der Waals surface area contributed by atoms with E-state index in [0.717, 1.165) is 13.1 Å². The number of Topliss-reactive ketones (excluding diaryl/α,β-unsaturated/α-hetero) is 1. The molecule has 0 unspecified atom stereocenters. The van der Waals surface area contributed by atoms with Crippen molar-refractivity contribution >= 4 is 11.9 Å². The summed E-state index contributed by atoms with van der Waals surface area (Å²) in [6, 6.07) is -0.767. The first kappa shape index (κ1) is 17.2. The average molecular weight is 314 g/mol. The van der Waals surface area contributed by atoms with E-state index in [4.69, 9.17) is 9.47 Å². The third-order valence-corrected chi connectivity index (χ3v) is 3.99. The van der Waals surface area contributed by atoms with E-state index in [-0.39, 0.29) is 12.0 Å². The van der Waals surface area contributed by atoms with Crippen LogP contribution in [0, 0.1) is 5.92 Å². The molecule has 2 heterocycles. The van der Waals surface area contributed by atoms with Crippen LogP contribution in [0.4, 0.5) is 4.79 Å². The second-order valence-electron chi connectivity index (χ2n) is 7.06. The third kappa shape index (κ3) is 3.77. The van der Waals surface area contributed by atoms with E-state index in [9.17, 15) is 14.7 Å². The van der Waals surface area contributed by atoms with Gasteiger partial charge in [-0.05, 0) is 27.8 Å². The summed E-state index contributed by atoms with van der Waals surface area (Å²) < 4.78 is 11.2. The van der Waals surface area contributed by atoms with Crippen molar-refractivity contribution in [3.63, 3.8) is 0 Å². The summed E-state index contributed by atoms with van der Waals surface area (Å²) in [7, 11) is 1.99. The summed E-state index contributed by atoms with van der Waals surface area (Å²) >= 11 is 0. The molecule has 2 fully saturated rings. The first-order valence-electron chi connectivity index (χ1n) is 7.66. The van der Waals surface area contributed by atoms with Gasteiger partial charge in [0.05, 0.1) is 12.7 Å². The summed E-state index contributed by atoms with van der Waals surface area (Å²) in [6.07, 6.45) is -0.907. The minimum Gasteiger partial charge on any atom is -0.444 e. The molecule has 0 aromatic rings. The normalized spacial score (nSPS) is 29.9. The van der Waals surface area contributed by atoms with Crippen LogP contribution in [0.1, 0.15) is 20.8 Å². The molecule has 0 aromatic heterocycles. The number of nitrogens with zero attached hydrogens (tertiary/aromatic N) is 2. The number of carbonyl (C=O) groups is 2. The molecule has 3 atom stereocenters. The van der Waals surface area contributed by atoms with Crippen LogP contribution >= 0.6 is 0 Å². The summed E-state index contributed by atoms with van der Waals surface area (Å²) in [6.45, 7) is 7.20. The van der Waals surface area contributed by atoms with Gasteiger partial charge in [-0.15, -0.1) is 0 Å². The first-order chi connectivity index (χ1) is 10.2. The van der Waals surface area contributed by atoms with Crippen LogP contribution in [0.5, 0.6) is 0 Å². The lowest BCUT2D eigenvalue weighted by atomic mass is 9.99. The van der Waals surface area contributed by atoms with Crippen molar-refractivity contribution in [1.29, 1.82) is 0 Å². The number of hydrogen-bond acceptors (Lipinski definition) is 6. The highest BCUT2D eigenvalue weighted by Gasteiger charge is 2.50. The molecule has 7 nitrogen and oxygen atoms in total. The van der Waals surface area contributed by atoms with Crippen molar-refractivity contribution in [2.45, 2.75) is 38.5 Å². The molecule has 0 aliphatic carbocycles. The number of likely N-dealkylation sites (tertiary alicyclic amines) is 1. The zero-order chi connectivity index (χ0) is 16.5. The van der Waals surface area contributed by atoms with Gasteiger partial charge >= 0.3 is 6.09 Å². The lowest BCUT2D eigenvalue weighted by molar-refractivity contribution is -0.130. The molecule has 0 aromatic carbocycles. The van der Waals surface area contributed by atoms with E-state index in [0.29, 0.717) is 13.2 Å². The standard InChI is InChI=1S/C15H26N2O5/c1-15(2,3)22-14(20)17-8-10-7-16(4)5-6-21-13(10)12(17)11(19)9-18/h10,12-13,18H,5-9H2,1-4H3/t10-,12+,13+/m0/s1. The lowest BCUT2D eigenvalue weighted by Gasteiger charge is -2.29. The molecule has 2 aliphatic heterocycles. The lowest BCUT2D eigenvalue weighted by Crippen LogP contribution is -2.48. The number of aliphatic hydroxyl groups is 1. The van der Waals surface area contributed by atoms with Crippen LogP contribution in [0.2, 0.25) is 0 Å². The van der Waals surface area contributed by atoms with Gasteiger partial charge in [-0.3, -0.25) is 9.69 Å². The number of amides is 1. The molecule has 1 N–H and O–H groups in total. The van der Waals surface area contributed by atoms with Gasteiger partial charge in [0.15, 0.2) is 5.78 Å². The number of carbonyl (C=O) groups excluding carboxylic acids is 2. The molecule has 126 valence electrons. The van der Waals surface area contributed by atoms with E-state index in [2.05, 4.69) is 4.90 Å². The highest BCUT2D eigenvalue weighted by atomic mass is 16.6. The molecule has 1 amide bonds. The van der Waals surface area contributed by atoms with Gasteiger partial charge in [-0.1, -0.05) is 0 Å². The zero-order valence-electron chi connectivity index (χ0n) is 13.7. The molecule has 2 saturated heterocycles. The first-order valence-corrected chi connectivity index (χ1v) is 7.66. The van der Waals surface area contributed by atoms with Crippen molar-refractivity contribution in [3.05, 3.63) is 0 Å². The minimum absolute atomic E-state index is 0.0421. The van der Waals surface area contributed by atoms with Crippen molar-refractivity contribution in [3.8, 4) is 0 Å². The maximum Gasteiger partial charge on any atom is 0.411 e. The van der Waals surface area contributed by atoms with Gasteiger partial charge in [0.25, 0.3) is 0 Å². The molecule has 0 saturated carbocycles. The van der Waals surface area contributed by atoms with E-state index < -0.39 is 30.1 Å². The highest BCUT2D eigenvalue weighted by Crippen LogP contribution is 2.31. The van der Waals surface area contributed by atoms with E-state index in [1.54, 1.807) is 20.8 Å². The van der Waals surface area contributed by atoms with E-state index in [1.165, 1.54) is 4.90 Å². The van der Waals surface area contributed by atoms with Gasteiger partial charge in [-0.2, -0.15) is 0 Å². The Morgan fingerprint density at radius 2 is 2.00 bits per heavy atom. The monoisotopic (exact) mass is 314 g/mol. The van der Waals surface area contributed by atoms with Crippen LogP contribution in [0.3, 0.4) is 0 Å². The number of rotatable bonds is 2. The van der Waals surface area contributed by atoms with Crippen LogP contribution in [0.15, 0.2) is 0 Å². The smallest absolute Gasteiger partial charge is 0.411 e. The number of aliphatic hydroxyl groups excluding tert-OH is 1. The van der Waals surface area contributed by atoms with E-state index >= 15 is 0 Å². The minimum atomic E-state index is -0.767. The Kier molecular flexibility index (Phi) is 5.09. The number of ether oxygens (including phenoxy) is 2. The van der Waals surface area contributed by atoms with Gasteiger partial charge in [0, 0.05) is 25.6 Å². The number of fused-ring (bicyclic) bond motifs is 1. The van der Waals surface area contributed by atoms with Crippen molar-refractivity contribution in [2.24, 2.45) is 5.92 Å². The molecule has 7 heteroatoms. The maximum absolute atomic E-state index is 12.4. The predicted molar refractivity (Wildman–Crippen MR) is 79.5 cm³/mol. The molecule has 2 aliphatic rings. The Morgan fingerprint density at radius 1 is 1.32 bits per heavy atom. The molecule has 0 bridgehead atoms. The van der Waals surface area contributed by atoms with Gasteiger partial charge < -0.3 is 19.5 Å². The van der Waals surface area contributed by atoms with Crippen molar-refractivity contribution in [1.82, 2.24) is 9.80 Å². The Labute approximate surface area is 131 Å². The van der Waals surface area contributed by atoms with Crippen molar-refractivity contribution < 1.29 is 24.2 Å². The Bertz CT molecular complexity index is 434. The fraction of sp³-hybridized carbons (Fsp3) is 0.867. The summed E-state index contributed by atoms with van der Waals surface area (Å²) in [5.41, 5.74) is -0.633. The van der Waals surface area contributed by atoms with Gasteiger partial charge in [-0.25, -0.2) is 4.79 Å². The van der Waals surface area contributed by atoms with Crippen LogP contribution < -0.4 is 0 Å². The Balaban J connectivity index is 2.21. The van der Waals surface area contributed by atoms with Gasteiger partial charge in [0.2, 0.25) is 0 Å². The molecule has 22 heavy (non-hydrogen) atoms. The average Bonchev–Trinajstić information content (AvgIpc) is 2.65.